The van der Waals surface area contributed by atoms with E-state index in [1.807, 2.05) is 32.0 Å². The Morgan fingerprint density at radius 1 is 1.07 bits per heavy atom. The minimum atomic E-state index is -0.514. The fourth-order valence-corrected chi connectivity index (χ4v) is 3.13. The molecule has 1 heterocycles. The second kappa shape index (κ2) is 7.74. The number of rotatable bonds is 6. The Balaban J connectivity index is 1.54. The average molecular weight is 365 g/mol. The Labute approximate surface area is 158 Å². The summed E-state index contributed by atoms with van der Waals surface area (Å²) in [5, 5.41) is 2.79. The van der Waals surface area contributed by atoms with Gasteiger partial charge < -0.3 is 10.1 Å². The van der Waals surface area contributed by atoms with Gasteiger partial charge in [0.25, 0.3) is 0 Å². The van der Waals surface area contributed by atoms with Crippen molar-refractivity contribution in [2.75, 3.05) is 5.32 Å². The number of benzene rings is 2. The quantitative estimate of drug-likeness (QED) is 0.769. The van der Waals surface area contributed by atoms with E-state index in [1.54, 1.807) is 30.3 Å². The highest BCUT2D eigenvalue weighted by atomic mass is 16.5. The van der Waals surface area contributed by atoms with Crippen molar-refractivity contribution in [3.05, 3.63) is 59.7 Å². The van der Waals surface area contributed by atoms with Crippen molar-refractivity contribution in [2.45, 2.75) is 45.1 Å². The first-order valence-electron chi connectivity index (χ1n) is 9.08. The van der Waals surface area contributed by atoms with Crippen LogP contribution in [0, 0.1) is 0 Å². The van der Waals surface area contributed by atoms with Gasteiger partial charge in [0.1, 0.15) is 11.4 Å². The Morgan fingerprint density at radius 2 is 1.81 bits per heavy atom. The first kappa shape index (κ1) is 18.8. The molecule has 0 atom stereocenters. The molecule has 2 aromatic carbocycles. The lowest BCUT2D eigenvalue weighted by Gasteiger charge is -2.31. The van der Waals surface area contributed by atoms with Crippen molar-refractivity contribution in [2.24, 2.45) is 0 Å². The van der Waals surface area contributed by atoms with E-state index in [9.17, 15) is 14.4 Å². The summed E-state index contributed by atoms with van der Waals surface area (Å²) in [5.74, 6) is 0.399. The highest BCUT2D eigenvalue weighted by molar-refractivity contribution is 6.02. The van der Waals surface area contributed by atoms with Crippen LogP contribution >= 0.6 is 0 Å². The molecule has 1 N–H and O–H groups in total. The molecule has 5 heteroatoms. The first-order valence-corrected chi connectivity index (χ1v) is 9.08. The maximum absolute atomic E-state index is 12.3. The smallest absolute Gasteiger partial charge is 0.224 e. The van der Waals surface area contributed by atoms with Crippen molar-refractivity contribution in [1.82, 2.24) is 0 Å². The molecule has 0 fully saturated rings. The van der Waals surface area contributed by atoms with E-state index in [1.165, 1.54) is 0 Å². The summed E-state index contributed by atoms with van der Waals surface area (Å²) in [6.07, 6.45) is 1.34. The van der Waals surface area contributed by atoms with E-state index in [-0.39, 0.29) is 23.9 Å². The predicted molar refractivity (Wildman–Crippen MR) is 103 cm³/mol. The van der Waals surface area contributed by atoms with E-state index in [4.69, 9.17) is 4.74 Å². The second-order valence-corrected chi connectivity index (χ2v) is 7.36. The molecule has 0 bridgehead atoms. The minimum Gasteiger partial charge on any atom is -0.487 e. The van der Waals surface area contributed by atoms with Crippen molar-refractivity contribution in [3.63, 3.8) is 0 Å². The van der Waals surface area contributed by atoms with Crippen molar-refractivity contribution in [1.29, 1.82) is 0 Å². The molecule has 27 heavy (non-hydrogen) atoms. The highest BCUT2D eigenvalue weighted by Gasteiger charge is 2.32. The van der Waals surface area contributed by atoms with Crippen LogP contribution in [0.25, 0.3) is 0 Å². The monoisotopic (exact) mass is 365 g/mol. The van der Waals surface area contributed by atoms with Gasteiger partial charge in [0.05, 0.1) is 12.0 Å². The van der Waals surface area contributed by atoms with Gasteiger partial charge in [-0.15, -0.1) is 0 Å². The number of carbonyl (C=O) groups excluding carboxylic acids is 3. The standard InChI is InChI=1S/C22H23NO4/c1-22(2)14-19(25)17-13-16(11-12-20(17)27-22)23-21(26)10-6-9-18(24)15-7-4-3-5-8-15/h3-5,7-8,11-13H,6,9-10,14H2,1-2H3,(H,23,26). The molecule has 0 spiro atoms. The van der Waals surface area contributed by atoms with Crippen LogP contribution in [0.1, 0.15) is 60.2 Å². The number of nitrogens with one attached hydrogen (secondary N) is 1. The zero-order valence-electron chi connectivity index (χ0n) is 15.6. The molecule has 0 aliphatic carbocycles. The number of anilines is 1. The van der Waals surface area contributed by atoms with Crippen LogP contribution in [0.5, 0.6) is 5.75 Å². The van der Waals surface area contributed by atoms with E-state index in [0.717, 1.165) is 0 Å². The van der Waals surface area contributed by atoms with Gasteiger partial charge >= 0.3 is 0 Å². The molecule has 0 unspecified atom stereocenters. The van der Waals surface area contributed by atoms with Gasteiger partial charge in [0.2, 0.25) is 5.91 Å². The minimum absolute atomic E-state index is 0.00538. The molecule has 1 aliphatic rings. The number of Topliss-reactive ketones (excluding diaryl/α,β-unsaturated/α-hetero) is 2. The summed E-state index contributed by atoms with van der Waals surface area (Å²) in [5.41, 5.74) is 1.20. The summed E-state index contributed by atoms with van der Waals surface area (Å²) in [7, 11) is 0. The molecule has 5 nitrogen and oxygen atoms in total. The fraction of sp³-hybridized carbons (Fsp3) is 0.318. The van der Waals surface area contributed by atoms with Crippen LogP contribution in [0.4, 0.5) is 5.69 Å². The summed E-state index contributed by atoms with van der Waals surface area (Å²) in [4.78, 5) is 36.5. The summed E-state index contributed by atoms with van der Waals surface area (Å²) in [6, 6.07) is 14.1. The lowest BCUT2D eigenvalue weighted by Crippen LogP contribution is -2.35. The summed E-state index contributed by atoms with van der Waals surface area (Å²) in [6.45, 7) is 3.75. The van der Waals surface area contributed by atoms with Gasteiger partial charge in [-0.05, 0) is 38.5 Å². The molecular formula is C22H23NO4. The van der Waals surface area contributed by atoms with Crippen molar-refractivity contribution in [3.8, 4) is 5.75 Å². The van der Waals surface area contributed by atoms with Crippen LogP contribution < -0.4 is 10.1 Å². The molecule has 0 saturated heterocycles. The lowest BCUT2D eigenvalue weighted by atomic mass is 9.93. The lowest BCUT2D eigenvalue weighted by molar-refractivity contribution is -0.116. The molecule has 140 valence electrons. The van der Waals surface area contributed by atoms with Crippen LogP contribution in [0.2, 0.25) is 0 Å². The van der Waals surface area contributed by atoms with Crippen molar-refractivity contribution < 1.29 is 19.1 Å². The largest absolute Gasteiger partial charge is 0.487 e. The third-order valence-corrected chi connectivity index (χ3v) is 4.44. The van der Waals surface area contributed by atoms with Crippen LogP contribution in [0.3, 0.4) is 0 Å². The van der Waals surface area contributed by atoms with E-state index < -0.39 is 5.60 Å². The third-order valence-electron chi connectivity index (χ3n) is 4.44. The Morgan fingerprint density at radius 3 is 2.56 bits per heavy atom. The molecule has 2 aromatic rings. The topological polar surface area (TPSA) is 72.5 Å². The van der Waals surface area contributed by atoms with Gasteiger partial charge in [0, 0.05) is 24.1 Å². The van der Waals surface area contributed by atoms with Crippen LogP contribution in [-0.2, 0) is 4.79 Å². The third kappa shape index (κ3) is 4.82. The summed E-state index contributed by atoms with van der Waals surface area (Å²) < 4.78 is 5.81. The number of amides is 1. The molecular weight excluding hydrogens is 342 g/mol. The zero-order chi connectivity index (χ0) is 19.4. The van der Waals surface area contributed by atoms with Gasteiger partial charge in [-0.25, -0.2) is 0 Å². The maximum Gasteiger partial charge on any atom is 0.224 e. The molecule has 1 amide bonds. The maximum atomic E-state index is 12.3. The number of fused-ring (bicyclic) bond motifs is 1. The highest BCUT2D eigenvalue weighted by Crippen LogP contribution is 2.34. The Hall–Kier alpha value is -2.95. The molecule has 0 aromatic heterocycles. The molecule has 0 saturated carbocycles. The van der Waals surface area contributed by atoms with Gasteiger partial charge in [-0.2, -0.15) is 0 Å². The predicted octanol–water partition coefficient (Wildman–Crippen LogP) is 4.42. The number of ether oxygens (including phenoxy) is 1. The van der Waals surface area contributed by atoms with Crippen molar-refractivity contribution >= 4 is 23.2 Å². The number of ketones is 2. The Bertz CT molecular complexity index is 871. The Kier molecular flexibility index (Phi) is 5.40. The summed E-state index contributed by atoms with van der Waals surface area (Å²) >= 11 is 0. The number of hydrogen-bond acceptors (Lipinski definition) is 4. The fourth-order valence-electron chi connectivity index (χ4n) is 3.13. The van der Waals surface area contributed by atoms with Gasteiger partial charge in [0.15, 0.2) is 11.6 Å². The number of carbonyl (C=O) groups is 3. The second-order valence-electron chi connectivity index (χ2n) is 7.36. The van der Waals surface area contributed by atoms with Gasteiger partial charge in [-0.1, -0.05) is 30.3 Å². The number of hydrogen-bond donors (Lipinski definition) is 1. The van der Waals surface area contributed by atoms with E-state index >= 15 is 0 Å². The zero-order valence-corrected chi connectivity index (χ0v) is 15.6. The van der Waals surface area contributed by atoms with Crippen LogP contribution in [0.15, 0.2) is 48.5 Å². The molecule has 0 radical (unpaired) electrons. The van der Waals surface area contributed by atoms with Gasteiger partial charge in [-0.3, -0.25) is 14.4 Å². The van der Waals surface area contributed by atoms with E-state index in [0.29, 0.717) is 41.8 Å². The normalized spacial score (nSPS) is 14.8. The molecule has 1 aliphatic heterocycles. The van der Waals surface area contributed by atoms with Crippen LogP contribution in [-0.4, -0.2) is 23.1 Å². The first-order chi connectivity index (χ1) is 12.8. The van der Waals surface area contributed by atoms with E-state index in [2.05, 4.69) is 5.32 Å². The SMILES string of the molecule is CC1(C)CC(=O)c2cc(NC(=O)CCCC(=O)c3ccccc3)ccc2O1. The average Bonchev–Trinajstić information content (AvgIpc) is 2.62. The molecule has 3 rings (SSSR count).